The van der Waals surface area contributed by atoms with Crippen molar-refractivity contribution in [1.82, 2.24) is 4.98 Å². The fourth-order valence-corrected chi connectivity index (χ4v) is 4.91. The molecule has 0 amide bonds. The van der Waals surface area contributed by atoms with E-state index < -0.39 is 16.9 Å². The number of hydrogen-bond acceptors (Lipinski definition) is 5. The summed E-state index contributed by atoms with van der Waals surface area (Å²) in [5, 5.41) is 16.9. The number of para-hydroxylation sites is 1. The molecule has 7 nitrogen and oxygen atoms in total. The molecule has 2 heterocycles. The highest BCUT2D eigenvalue weighted by Crippen LogP contribution is 2.42. The number of non-ortho nitro benzene ring substituents is 1. The number of rotatable bonds is 6. The molecule has 0 bridgehead atoms. The summed E-state index contributed by atoms with van der Waals surface area (Å²) in [4.78, 5) is 34.5. The van der Waals surface area contributed by atoms with Crippen molar-refractivity contribution in [2.75, 3.05) is 0 Å². The van der Waals surface area contributed by atoms with Gasteiger partial charge >= 0.3 is 0 Å². The Kier molecular flexibility index (Phi) is 5.58. The summed E-state index contributed by atoms with van der Waals surface area (Å²) in [6, 6.07) is 32.8. The summed E-state index contributed by atoms with van der Waals surface area (Å²) in [6.45, 7) is 0. The summed E-state index contributed by atoms with van der Waals surface area (Å²) in [5.41, 5.74) is 4.66. The van der Waals surface area contributed by atoms with Crippen LogP contribution in [0.3, 0.4) is 0 Å². The van der Waals surface area contributed by atoms with E-state index in [1.54, 1.807) is 24.3 Å². The molecule has 0 fully saturated rings. The van der Waals surface area contributed by atoms with Crippen LogP contribution in [0.25, 0.3) is 22.2 Å². The van der Waals surface area contributed by atoms with E-state index in [4.69, 9.17) is 4.84 Å². The normalized spacial score (nSPS) is 16.8. The Balaban J connectivity index is 1.56. The number of oxime groups is 1. The summed E-state index contributed by atoms with van der Waals surface area (Å²) in [6.07, 6.45) is -0.615. The summed E-state index contributed by atoms with van der Waals surface area (Å²) in [7, 11) is 0. The van der Waals surface area contributed by atoms with E-state index in [2.05, 4.69) is 10.1 Å². The first kappa shape index (κ1) is 22.4. The average molecular weight is 488 g/mol. The quantitative estimate of drug-likeness (QED) is 0.163. The van der Waals surface area contributed by atoms with Gasteiger partial charge in [0.1, 0.15) is 11.6 Å². The van der Waals surface area contributed by atoms with Gasteiger partial charge in [0.05, 0.1) is 10.6 Å². The van der Waals surface area contributed by atoms with Crippen LogP contribution in [-0.2, 0) is 4.84 Å². The average Bonchev–Trinajstić information content (AvgIpc) is 3.55. The molecule has 1 aliphatic rings. The second-order valence-corrected chi connectivity index (χ2v) is 8.85. The Morgan fingerprint density at radius 2 is 1.57 bits per heavy atom. The molecule has 1 aromatic heterocycles. The maximum atomic E-state index is 14.0. The van der Waals surface area contributed by atoms with Gasteiger partial charge in [-0.2, -0.15) is 0 Å². The van der Waals surface area contributed by atoms with Crippen molar-refractivity contribution in [2.45, 2.75) is 6.10 Å². The monoisotopic (exact) mass is 487 g/mol. The van der Waals surface area contributed by atoms with Gasteiger partial charge in [-0.05, 0) is 11.6 Å². The molecule has 4 aromatic carbocycles. The van der Waals surface area contributed by atoms with Crippen LogP contribution < -0.4 is 0 Å². The van der Waals surface area contributed by atoms with Gasteiger partial charge in [0.25, 0.3) is 5.69 Å². The van der Waals surface area contributed by atoms with Crippen LogP contribution in [0.15, 0.2) is 114 Å². The maximum absolute atomic E-state index is 14.0. The minimum atomic E-state index is -0.721. The number of carbonyl (C=O) groups excluding carboxylic acids is 1. The molecular formula is C30H21N3O4. The van der Waals surface area contributed by atoms with Gasteiger partial charge in [-0.1, -0.05) is 96.2 Å². The molecule has 0 aliphatic carbocycles. The number of aromatic amines is 1. The van der Waals surface area contributed by atoms with Gasteiger partial charge in [0, 0.05) is 39.7 Å². The van der Waals surface area contributed by atoms with Gasteiger partial charge < -0.3 is 9.82 Å². The topological polar surface area (TPSA) is 97.6 Å². The number of nitrogens with zero attached hydrogens (tertiary/aromatic N) is 2. The van der Waals surface area contributed by atoms with E-state index in [1.165, 1.54) is 12.1 Å². The maximum Gasteiger partial charge on any atom is 0.270 e. The second-order valence-electron chi connectivity index (χ2n) is 8.85. The molecule has 5 aromatic rings. The van der Waals surface area contributed by atoms with Crippen LogP contribution in [-0.4, -0.2) is 21.4 Å². The minimum Gasteiger partial charge on any atom is -0.386 e. The number of Topliss-reactive ketones (excluding diaryl/α,β-unsaturated/α-hetero) is 1. The molecule has 1 N–H and O–H groups in total. The van der Waals surface area contributed by atoms with Crippen molar-refractivity contribution < 1.29 is 14.6 Å². The third kappa shape index (κ3) is 3.96. The van der Waals surface area contributed by atoms with Crippen molar-refractivity contribution >= 4 is 28.1 Å². The molecule has 0 saturated carbocycles. The Morgan fingerprint density at radius 1 is 0.865 bits per heavy atom. The van der Waals surface area contributed by atoms with Crippen LogP contribution in [0, 0.1) is 16.0 Å². The first-order valence-electron chi connectivity index (χ1n) is 11.9. The SMILES string of the molecule is O=C(c1ccccc1)C1C(c2c(-c3cccc([N+](=O)[O-])c3)[nH]c3ccccc23)=NOC1c1ccccc1. The lowest BCUT2D eigenvalue weighted by Gasteiger charge is -2.19. The Labute approximate surface area is 212 Å². The summed E-state index contributed by atoms with van der Waals surface area (Å²) < 4.78 is 0. The second kappa shape index (κ2) is 9.20. The van der Waals surface area contributed by atoms with E-state index in [1.807, 2.05) is 72.8 Å². The third-order valence-corrected chi connectivity index (χ3v) is 6.64. The molecular weight excluding hydrogens is 466 g/mol. The number of ketones is 1. The predicted octanol–water partition coefficient (Wildman–Crippen LogP) is 6.72. The van der Waals surface area contributed by atoms with E-state index in [9.17, 15) is 14.9 Å². The highest BCUT2D eigenvalue weighted by atomic mass is 16.6. The van der Waals surface area contributed by atoms with Crippen molar-refractivity contribution in [3.8, 4) is 11.3 Å². The standard InChI is InChI=1S/C30H21N3O4/c34-29(19-10-3-1-4-11-19)26-28(32-37-30(26)20-12-5-2-6-13-20)25-23-16-7-8-17-24(23)31-27(25)21-14-9-15-22(18-21)33(35)36/h1-18,26,30-31H. The van der Waals surface area contributed by atoms with E-state index in [0.29, 0.717) is 28.1 Å². The molecule has 37 heavy (non-hydrogen) atoms. The van der Waals surface area contributed by atoms with Crippen LogP contribution in [0.4, 0.5) is 5.69 Å². The van der Waals surface area contributed by atoms with Gasteiger partial charge in [-0.25, -0.2) is 0 Å². The van der Waals surface area contributed by atoms with Crippen molar-refractivity contribution in [3.63, 3.8) is 0 Å². The van der Waals surface area contributed by atoms with Crippen molar-refractivity contribution in [2.24, 2.45) is 11.1 Å². The fourth-order valence-electron chi connectivity index (χ4n) is 4.91. The lowest BCUT2D eigenvalue weighted by atomic mass is 9.82. The number of hydrogen-bond donors (Lipinski definition) is 1. The van der Waals surface area contributed by atoms with Crippen molar-refractivity contribution in [3.05, 3.63) is 136 Å². The fraction of sp³-hybridized carbons (Fsp3) is 0.0667. The van der Waals surface area contributed by atoms with E-state index >= 15 is 0 Å². The van der Waals surface area contributed by atoms with Crippen LogP contribution in [0.1, 0.15) is 27.6 Å². The number of aromatic nitrogens is 1. The number of H-pyrrole nitrogens is 1. The first-order chi connectivity index (χ1) is 18.1. The molecule has 6 rings (SSSR count). The zero-order chi connectivity index (χ0) is 25.4. The number of nitro groups is 1. The highest BCUT2D eigenvalue weighted by Gasteiger charge is 2.43. The Morgan fingerprint density at radius 3 is 2.32 bits per heavy atom. The number of nitro benzene ring substituents is 1. The number of carbonyl (C=O) groups is 1. The molecule has 2 unspecified atom stereocenters. The van der Waals surface area contributed by atoms with Crippen LogP contribution >= 0.6 is 0 Å². The van der Waals surface area contributed by atoms with Crippen molar-refractivity contribution in [1.29, 1.82) is 0 Å². The highest BCUT2D eigenvalue weighted by molar-refractivity contribution is 6.25. The zero-order valence-corrected chi connectivity index (χ0v) is 19.6. The lowest BCUT2D eigenvalue weighted by molar-refractivity contribution is -0.384. The van der Waals surface area contributed by atoms with E-state index in [-0.39, 0.29) is 11.5 Å². The predicted molar refractivity (Wildman–Crippen MR) is 141 cm³/mol. The number of benzene rings is 4. The number of nitrogens with one attached hydrogen (secondary N) is 1. The van der Waals surface area contributed by atoms with Crippen LogP contribution in [0.5, 0.6) is 0 Å². The minimum absolute atomic E-state index is 0.0224. The zero-order valence-electron chi connectivity index (χ0n) is 19.6. The van der Waals surface area contributed by atoms with Gasteiger partial charge in [0.15, 0.2) is 11.9 Å². The molecule has 1 aliphatic heterocycles. The largest absolute Gasteiger partial charge is 0.386 e. The molecule has 2 atom stereocenters. The lowest BCUT2D eigenvalue weighted by Crippen LogP contribution is -2.27. The third-order valence-electron chi connectivity index (χ3n) is 6.64. The molecule has 0 spiro atoms. The molecule has 180 valence electrons. The smallest absolute Gasteiger partial charge is 0.270 e. The Bertz CT molecular complexity index is 1660. The summed E-state index contributed by atoms with van der Waals surface area (Å²) >= 11 is 0. The van der Waals surface area contributed by atoms with Gasteiger partial charge in [0.2, 0.25) is 0 Å². The Hall–Kier alpha value is -5.04. The van der Waals surface area contributed by atoms with Gasteiger partial charge in [-0.15, -0.1) is 0 Å². The molecule has 7 heteroatoms. The number of fused-ring (bicyclic) bond motifs is 1. The first-order valence-corrected chi connectivity index (χ1v) is 11.9. The molecule has 0 saturated heterocycles. The van der Waals surface area contributed by atoms with E-state index in [0.717, 1.165) is 16.5 Å². The summed E-state index contributed by atoms with van der Waals surface area (Å²) in [5.74, 6) is -0.831. The van der Waals surface area contributed by atoms with Gasteiger partial charge in [-0.3, -0.25) is 14.9 Å². The van der Waals surface area contributed by atoms with Crippen LogP contribution in [0.2, 0.25) is 0 Å². The molecule has 0 radical (unpaired) electrons.